The fourth-order valence-corrected chi connectivity index (χ4v) is 2.49. The third-order valence-electron chi connectivity index (χ3n) is 3.73. The Kier molecular flexibility index (Phi) is 3.69. The largest absolute Gasteiger partial charge is 0.497 e. The molecule has 1 saturated heterocycles. The van der Waals surface area contributed by atoms with E-state index in [1.807, 2.05) is 32.0 Å². The molecule has 2 rings (SSSR count). The Bertz CT molecular complexity index is 479. The second-order valence-corrected chi connectivity index (χ2v) is 5.36. The van der Waals surface area contributed by atoms with Gasteiger partial charge in [-0.05, 0) is 44.0 Å². The highest BCUT2D eigenvalue weighted by atomic mass is 16.6. The highest BCUT2D eigenvalue weighted by molar-refractivity contribution is 5.72. The van der Waals surface area contributed by atoms with Crippen molar-refractivity contribution in [2.75, 3.05) is 14.2 Å². The molecule has 0 radical (unpaired) electrons. The summed E-state index contributed by atoms with van der Waals surface area (Å²) in [6, 6.07) is 5.71. The molecule has 4 nitrogen and oxygen atoms in total. The van der Waals surface area contributed by atoms with Gasteiger partial charge in [0.1, 0.15) is 17.1 Å². The maximum absolute atomic E-state index is 11.5. The van der Waals surface area contributed by atoms with Gasteiger partial charge < -0.3 is 14.2 Å². The minimum Gasteiger partial charge on any atom is -0.497 e. The van der Waals surface area contributed by atoms with Gasteiger partial charge in [0.05, 0.1) is 20.6 Å². The van der Waals surface area contributed by atoms with Gasteiger partial charge in [-0.1, -0.05) is 0 Å². The number of benzene rings is 1. The van der Waals surface area contributed by atoms with E-state index >= 15 is 0 Å². The number of carbonyl (C=O) groups excluding carboxylic acids is 1. The lowest BCUT2D eigenvalue weighted by Crippen LogP contribution is -2.29. The SMILES string of the molecule is COc1ccc(OC)c(C[C@@H]2CC(=O)OC2(C)C)c1. The fourth-order valence-electron chi connectivity index (χ4n) is 2.49. The van der Waals surface area contributed by atoms with Crippen LogP contribution in [0, 0.1) is 5.92 Å². The molecular formula is C15H20O4. The third kappa shape index (κ3) is 2.83. The van der Waals surface area contributed by atoms with Gasteiger partial charge in [0.15, 0.2) is 0 Å². The zero-order chi connectivity index (χ0) is 14.0. The molecule has 1 aliphatic heterocycles. The first kappa shape index (κ1) is 13.7. The van der Waals surface area contributed by atoms with Gasteiger partial charge in [-0.2, -0.15) is 0 Å². The number of esters is 1. The van der Waals surface area contributed by atoms with Crippen LogP contribution in [0.15, 0.2) is 18.2 Å². The summed E-state index contributed by atoms with van der Waals surface area (Å²) in [5.74, 6) is 1.63. The number of ether oxygens (including phenoxy) is 3. The third-order valence-corrected chi connectivity index (χ3v) is 3.73. The highest BCUT2D eigenvalue weighted by Crippen LogP contribution is 2.37. The van der Waals surface area contributed by atoms with E-state index in [-0.39, 0.29) is 11.9 Å². The molecule has 1 atom stereocenters. The zero-order valence-corrected chi connectivity index (χ0v) is 11.9. The molecule has 1 aromatic rings. The Morgan fingerprint density at radius 2 is 2.05 bits per heavy atom. The second kappa shape index (κ2) is 5.11. The van der Waals surface area contributed by atoms with Crippen LogP contribution >= 0.6 is 0 Å². The maximum atomic E-state index is 11.5. The van der Waals surface area contributed by atoms with Gasteiger partial charge in [-0.25, -0.2) is 0 Å². The van der Waals surface area contributed by atoms with Crippen LogP contribution in [0.3, 0.4) is 0 Å². The first-order valence-electron chi connectivity index (χ1n) is 6.39. The van der Waals surface area contributed by atoms with Crippen molar-refractivity contribution in [3.8, 4) is 11.5 Å². The normalized spacial score (nSPS) is 21.1. The molecule has 0 aliphatic carbocycles. The summed E-state index contributed by atoms with van der Waals surface area (Å²) in [6.07, 6.45) is 1.19. The van der Waals surface area contributed by atoms with Crippen molar-refractivity contribution in [3.63, 3.8) is 0 Å². The van der Waals surface area contributed by atoms with Gasteiger partial charge in [0.2, 0.25) is 0 Å². The molecule has 1 fully saturated rings. The van der Waals surface area contributed by atoms with E-state index in [0.29, 0.717) is 6.42 Å². The fraction of sp³-hybridized carbons (Fsp3) is 0.533. The molecule has 1 aromatic carbocycles. The number of hydrogen-bond donors (Lipinski definition) is 0. The van der Waals surface area contributed by atoms with Crippen molar-refractivity contribution in [3.05, 3.63) is 23.8 Å². The monoisotopic (exact) mass is 264 g/mol. The van der Waals surface area contributed by atoms with Crippen LogP contribution in [0.1, 0.15) is 25.8 Å². The van der Waals surface area contributed by atoms with E-state index < -0.39 is 5.60 Å². The van der Waals surface area contributed by atoms with Crippen LogP contribution in [-0.2, 0) is 16.0 Å². The lowest BCUT2D eigenvalue weighted by molar-refractivity contribution is -0.146. The average molecular weight is 264 g/mol. The summed E-state index contributed by atoms with van der Waals surface area (Å²) in [5.41, 5.74) is 0.615. The topological polar surface area (TPSA) is 44.8 Å². The van der Waals surface area contributed by atoms with Crippen molar-refractivity contribution in [1.82, 2.24) is 0 Å². The van der Waals surface area contributed by atoms with Crippen molar-refractivity contribution < 1.29 is 19.0 Å². The number of carbonyl (C=O) groups is 1. The Morgan fingerprint density at radius 3 is 2.58 bits per heavy atom. The van der Waals surface area contributed by atoms with E-state index in [4.69, 9.17) is 14.2 Å². The quantitative estimate of drug-likeness (QED) is 0.784. The molecule has 1 heterocycles. The molecular weight excluding hydrogens is 244 g/mol. The summed E-state index contributed by atoms with van der Waals surface area (Å²) >= 11 is 0. The van der Waals surface area contributed by atoms with Crippen LogP contribution in [0.2, 0.25) is 0 Å². The summed E-state index contributed by atoms with van der Waals surface area (Å²) in [6.45, 7) is 3.91. The molecule has 0 unspecified atom stereocenters. The highest BCUT2D eigenvalue weighted by Gasteiger charge is 2.41. The maximum Gasteiger partial charge on any atom is 0.306 e. The van der Waals surface area contributed by atoms with E-state index in [0.717, 1.165) is 23.5 Å². The molecule has 4 heteroatoms. The van der Waals surface area contributed by atoms with E-state index in [1.165, 1.54) is 0 Å². The first-order valence-corrected chi connectivity index (χ1v) is 6.39. The predicted molar refractivity (Wildman–Crippen MR) is 71.5 cm³/mol. The summed E-state index contributed by atoms with van der Waals surface area (Å²) < 4.78 is 16.0. The Balaban J connectivity index is 2.25. The lowest BCUT2D eigenvalue weighted by atomic mass is 9.85. The minimum absolute atomic E-state index is 0.128. The van der Waals surface area contributed by atoms with Crippen LogP contribution < -0.4 is 9.47 Å². The van der Waals surface area contributed by atoms with Crippen LogP contribution in [-0.4, -0.2) is 25.8 Å². The van der Waals surface area contributed by atoms with Gasteiger partial charge >= 0.3 is 5.97 Å². The molecule has 0 amide bonds. The van der Waals surface area contributed by atoms with Crippen LogP contribution in [0.25, 0.3) is 0 Å². The molecule has 19 heavy (non-hydrogen) atoms. The van der Waals surface area contributed by atoms with Gasteiger partial charge in [-0.15, -0.1) is 0 Å². The van der Waals surface area contributed by atoms with Gasteiger partial charge in [0, 0.05) is 5.92 Å². The molecule has 104 valence electrons. The Labute approximate surface area is 113 Å². The molecule has 0 saturated carbocycles. The second-order valence-electron chi connectivity index (χ2n) is 5.36. The smallest absolute Gasteiger partial charge is 0.306 e. The summed E-state index contributed by atoms with van der Waals surface area (Å²) in [7, 11) is 3.28. The Morgan fingerprint density at radius 1 is 1.32 bits per heavy atom. The molecule has 1 aliphatic rings. The standard InChI is InChI=1S/C15H20O4/c1-15(2)11(9-14(16)19-15)7-10-8-12(17-3)5-6-13(10)18-4/h5-6,8,11H,7,9H2,1-4H3/t11-/m1/s1. The number of rotatable bonds is 4. The van der Waals surface area contributed by atoms with Crippen molar-refractivity contribution in [2.45, 2.75) is 32.3 Å². The van der Waals surface area contributed by atoms with Crippen molar-refractivity contribution in [2.24, 2.45) is 5.92 Å². The zero-order valence-electron chi connectivity index (χ0n) is 11.9. The van der Waals surface area contributed by atoms with Gasteiger partial charge in [-0.3, -0.25) is 4.79 Å². The molecule has 0 spiro atoms. The van der Waals surface area contributed by atoms with E-state index in [1.54, 1.807) is 14.2 Å². The first-order chi connectivity index (χ1) is 8.96. The molecule has 0 bridgehead atoms. The van der Waals surface area contributed by atoms with Crippen molar-refractivity contribution >= 4 is 5.97 Å². The van der Waals surface area contributed by atoms with Crippen LogP contribution in [0.5, 0.6) is 11.5 Å². The van der Waals surface area contributed by atoms with Crippen LogP contribution in [0.4, 0.5) is 0 Å². The Hall–Kier alpha value is -1.71. The lowest BCUT2D eigenvalue weighted by Gasteiger charge is -2.25. The van der Waals surface area contributed by atoms with E-state index in [2.05, 4.69) is 0 Å². The number of cyclic esters (lactones) is 1. The summed E-state index contributed by atoms with van der Waals surface area (Å²) in [5, 5.41) is 0. The minimum atomic E-state index is -0.425. The van der Waals surface area contributed by atoms with Crippen molar-refractivity contribution in [1.29, 1.82) is 0 Å². The van der Waals surface area contributed by atoms with Gasteiger partial charge in [0.25, 0.3) is 0 Å². The number of methoxy groups -OCH3 is 2. The molecule has 0 aromatic heterocycles. The summed E-state index contributed by atoms with van der Waals surface area (Å²) in [4.78, 5) is 11.5. The predicted octanol–water partition coefficient (Wildman–Crippen LogP) is 2.59. The number of hydrogen-bond acceptors (Lipinski definition) is 4. The average Bonchev–Trinajstić information content (AvgIpc) is 2.62. The molecule has 0 N–H and O–H groups in total. The van der Waals surface area contributed by atoms with E-state index in [9.17, 15) is 4.79 Å².